The number of rotatable bonds is 5. The largest absolute Gasteiger partial charge is 0.228 e. The molecule has 2 nitrogen and oxygen atoms in total. The highest BCUT2D eigenvalue weighted by molar-refractivity contribution is 7.25. The van der Waals surface area contributed by atoms with E-state index in [9.17, 15) is 0 Å². The molecule has 0 saturated carbocycles. The van der Waals surface area contributed by atoms with Crippen LogP contribution in [0.25, 0.3) is 98.2 Å². The summed E-state index contributed by atoms with van der Waals surface area (Å²) in [7, 11) is 0. The van der Waals surface area contributed by atoms with Gasteiger partial charge in [0.2, 0.25) is 0 Å². The maximum atomic E-state index is 5.24. The van der Waals surface area contributed by atoms with Gasteiger partial charge in [0.1, 0.15) is 0 Å². The molecule has 2 heterocycles. The second-order valence-corrected chi connectivity index (χ2v) is 16.4. The number of nitrogens with zero attached hydrogens (tertiary/aromatic N) is 2. The topological polar surface area (TPSA) is 25.8 Å². The zero-order valence-corrected chi connectivity index (χ0v) is 31.9. The minimum absolute atomic E-state index is 0.0879. The van der Waals surface area contributed by atoms with Crippen molar-refractivity contribution in [2.75, 3.05) is 0 Å². The van der Waals surface area contributed by atoms with Crippen molar-refractivity contribution < 1.29 is 0 Å². The van der Waals surface area contributed by atoms with Gasteiger partial charge >= 0.3 is 0 Å². The van der Waals surface area contributed by atoms with Crippen molar-refractivity contribution in [1.29, 1.82) is 0 Å². The zero-order chi connectivity index (χ0) is 37.4. The van der Waals surface area contributed by atoms with Gasteiger partial charge in [-0.3, -0.25) is 0 Å². The molecule has 0 amide bonds. The quantitative estimate of drug-likeness (QED) is 0.176. The fraction of sp³-hybridized carbons (Fsp3) is 0.0566. The SMILES string of the molecule is CC1(C)c2cc3ccccc3cc2-c2c(-c3ccc(-c4cc(-c5ccccc5-c5ccc6sc7ccccc7c6c5)nc(-c5ccccc5)n4)cc3)cccc21. The number of hydrogen-bond acceptors (Lipinski definition) is 3. The molecule has 0 unspecified atom stereocenters. The molecule has 0 N–H and O–H groups in total. The second kappa shape index (κ2) is 12.7. The number of thiophene rings is 1. The molecule has 1 aliphatic rings. The summed E-state index contributed by atoms with van der Waals surface area (Å²) in [5, 5.41) is 5.15. The standard InChI is InChI=1S/C53H36N2S/c1-53(2)45-21-12-20-40(51(45)44-29-36-15-6-7-16-37(36)31-46(44)53)33-23-25-34(26-24-33)47-32-48(55-52(54-47)35-13-4-3-5-14-35)41-18-9-8-17-39(41)38-27-28-50-43(30-38)42-19-10-11-22-49(42)56-50/h3-32H,1-2H3. The van der Waals surface area contributed by atoms with Gasteiger partial charge in [0.05, 0.1) is 11.4 Å². The predicted octanol–water partition coefficient (Wildman–Crippen LogP) is 14.6. The van der Waals surface area contributed by atoms with Crippen molar-refractivity contribution in [3.8, 4) is 67.3 Å². The minimum atomic E-state index is -0.0879. The Balaban J connectivity index is 1.03. The van der Waals surface area contributed by atoms with E-state index in [0.29, 0.717) is 5.82 Å². The lowest BCUT2D eigenvalue weighted by atomic mass is 9.81. The van der Waals surface area contributed by atoms with Crippen LogP contribution < -0.4 is 0 Å². The highest BCUT2D eigenvalue weighted by Gasteiger charge is 2.37. The van der Waals surface area contributed by atoms with Crippen LogP contribution in [0.5, 0.6) is 0 Å². The summed E-state index contributed by atoms with van der Waals surface area (Å²) in [6.07, 6.45) is 0. The molecule has 56 heavy (non-hydrogen) atoms. The zero-order valence-electron chi connectivity index (χ0n) is 31.1. The van der Waals surface area contributed by atoms with Crippen LogP contribution in [0.3, 0.4) is 0 Å². The molecule has 0 saturated heterocycles. The van der Waals surface area contributed by atoms with Gasteiger partial charge in [0.25, 0.3) is 0 Å². The fourth-order valence-corrected chi connectivity index (χ4v) is 9.92. The molecule has 0 spiro atoms. The molecule has 264 valence electrons. The molecule has 0 fully saturated rings. The van der Waals surface area contributed by atoms with Crippen molar-refractivity contribution >= 4 is 42.3 Å². The highest BCUT2D eigenvalue weighted by atomic mass is 32.1. The Labute approximate surface area is 330 Å². The first-order valence-corrected chi connectivity index (χ1v) is 20.0. The van der Waals surface area contributed by atoms with Gasteiger partial charge in [0.15, 0.2) is 5.82 Å². The first-order chi connectivity index (χ1) is 27.5. The summed E-state index contributed by atoms with van der Waals surface area (Å²) in [5.41, 5.74) is 15.1. The third-order valence-corrected chi connectivity index (χ3v) is 12.9. The minimum Gasteiger partial charge on any atom is -0.228 e. The molecular weight excluding hydrogens is 697 g/mol. The third-order valence-electron chi connectivity index (χ3n) is 11.7. The molecule has 0 atom stereocenters. The van der Waals surface area contributed by atoms with Gasteiger partial charge in [0, 0.05) is 42.3 Å². The van der Waals surface area contributed by atoms with Crippen LogP contribution >= 0.6 is 11.3 Å². The number of benzene rings is 8. The number of aromatic nitrogens is 2. The molecular formula is C53H36N2S. The Morgan fingerprint density at radius 3 is 1.88 bits per heavy atom. The molecule has 0 radical (unpaired) electrons. The van der Waals surface area contributed by atoms with Crippen molar-refractivity contribution in [2.24, 2.45) is 0 Å². The van der Waals surface area contributed by atoms with E-state index in [2.05, 4.69) is 190 Å². The molecule has 10 aromatic rings. The van der Waals surface area contributed by atoms with Crippen molar-refractivity contribution in [1.82, 2.24) is 9.97 Å². The van der Waals surface area contributed by atoms with Gasteiger partial charge in [-0.25, -0.2) is 9.97 Å². The molecule has 0 bridgehead atoms. The number of hydrogen-bond donors (Lipinski definition) is 0. The summed E-state index contributed by atoms with van der Waals surface area (Å²) in [6, 6.07) is 65.9. The Bertz CT molecular complexity index is 3150. The average Bonchev–Trinajstić information content (AvgIpc) is 3.74. The maximum absolute atomic E-state index is 5.24. The van der Waals surface area contributed by atoms with Gasteiger partial charge in [-0.05, 0) is 91.7 Å². The van der Waals surface area contributed by atoms with E-state index in [4.69, 9.17) is 9.97 Å². The van der Waals surface area contributed by atoms with Crippen molar-refractivity contribution in [3.63, 3.8) is 0 Å². The van der Waals surface area contributed by atoms with E-state index in [1.165, 1.54) is 69.9 Å². The van der Waals surface area contributed by atoms with Crippen LogP contribution in [0.1, 0.15) is 25.0 Å². The van der Waals surface area contributed by atoms with E-state index in [1.807, 2.05) is 17.4 Å². The molecule has 2 aromatic heterocycles. The van der Waals surface area contributed by atoms with E-state index < -0.39 is 0 Å². The van der Waals surface area contributed by atoms with E-state index in [-0.39, 0.29) is 5.41 Å². The Morgan fingerprint density at radius 2 is 1.04 bits per heavy atom. The average molecular weight is 733 g/mol. The molecule has 1 aliphatic carbocycles. The summed E-state index contributed by atoms with van der Waals surface area (Å²) >= 11 is 1.85. The fourth-order valence-electron chi connectivity index (χ4n) is 8.83. The second-order valence-electron chi connectivity index (χ2n) is 15.4. The van der Waals surface area contributed by atoms with Crippen LogP contribution in [-0.4, -0.2) is 9.97 Å². The van der Waals surface area contributed by atoms with E-state index in [0.717, 1.165) is 33.6 Å². The first kappa shape index (κ1) is 32.7. The monoisotopic (exact) mass is 732 g/mol. The summed E-state index contributed by atoms with van der Waals surface area (Å²) in [5.74, 6) is 0.711. The van der Waals surface area contributed by atoms with Crippen molar-refractivity contribution in [3.05, 3.63) is 193 Å². The summed E-state index contributed by atoms with van der Waals surface area (Å²) < 4.78 is 2.61. The Kier molecular flexibility index (Phi) is 7.42. The van der Waals surface area contributed by atoms with Gasteiger partial charge in [-0.15, -0.1) is 11.3 Å². The lowest BCUT2D eigenvalue weighted by Gasteiger charge is -2.22. The Morgan fingerprint density at radius 1 is 0.393 bits per heavy atom. The van der Waals surface area contributed by atoms with E-state index >= 15 is 0 Å². The van der Waals surface area contributed by atoms with Crippen LogP contribution in [-0.2, 0) is 5.41 Å². The van der Waals surface area contributed by atoms with Gasteiger partial charge < -0.3 is 0 Å². The van der Waals surface area contributed by atoms with E-state index in [1.54, 1.807) is 0 Å². The van der Waals surface area contributed by atoms with Crippen molar-refractivity contribution in [2.45, 2.75) is 19.3 Å². The lowest BCUT2D eigenvalue weighted by Crippen LogP contribution is -2.14. The van der Waals surface area contributed by atoms with Crippen LogP contribution in [0, 0.1) is 0 Å². The highest BCUT2D eigenvalue weighted by Crippen LogP contribution is 2.53. The first-order valence-electron chi connectivity index (χ1n) is 19.2. The van der Waals surface area contributed by atoms with Crippen LogP contribution in [0.4, 0.5) is 0 Å². The van der Waals surface area contributed by atoms with Crippen LogP contribution in [0.15, 0.2) is 182 Å². The smallest absolute Gasteiger partial charge is 0.160 e. The van der Waals surface area contributed by atoms with Gasteiger partial charge in [-0.1, -0.05) is 159 Å². The van der Waals surface area contributed by atoms with Crippen LogP contribution in [0.2, 0.25) is 0 Å². The molecule has 11 rings (SSSR count). The predicted molar refractivity (Wildman–Crippen MR) is 237 cm³/mol. The number of fused-ring (bicyclic) bond motifs is 7. The maximum Gasteiger partial charge on any atom is 0.160 e. The summed E-state index contributed by atoms with van der Waals surface area (Å²) in [4.78, 5) is 10.4. The normalized spacial score (nSPS) is 13.0. The molecule has 3 heteroatoms. The molecule has 8 aromatic carbocycles. The van der Waals surface area contributed by atoms with Gasteiger partial charge in [-0.2, -0.15) is 0 Å². The molecule has 0 aliphatic heterocycles. The third kappa shape index (κ3) is 5.23. The Hall–Kier alpha value is -6.68. The summed E-state index contributed by atoms with van der Waals surface area (Å²) in [6.45, 7) is 4.72. The lowest BCUT2D eigenvalue weighted by molar-refractivity contribution is 0.661.